The van der Waals surface area contributed by atoms with Gasteiger partial charge in [0.05, 0.1) is 0 Å². The number of hydrogen-bond acceptors (Lipinski definition) is 4. The molecule has 1 heterocycles. The molecule has 0 atom stereocenters. The highest BCUT2D eigenvalue weighted by molar-refractivity contribution is 7.89. The standard InChI is InChI=1S/C15H20N2O2S2/c1-3-9-17(10-4-2)21(18,19)15-12-7-5-6-8-13(12)20-14(15)11-16/h3,5-8H,1,4,9-11,16H2,2H3. The molecule has 0 aliphatic carbocycles. The summed E-state index contributed by atoms with van der Waals surface area (Å²) in [6.45, 7) is 6.62. The molecule has 2 rings (SSSR count). The lowest BCUT2D eigenvalue weighted by atomic mass is 10.2. The van der Waals surface area contributed by atoms with Gasteiger partial charge in [0.2, 0.25) is 10.0 Å². The maximum Gasteiger partial charge on any atom is 0.245 e. The summed E-state index contributed by atoms with van der Waals surface area (Å²) in [7, 11) is -3.56. The van der Waals surface area contributed by atoms with Crippen molar-refractivity contribution in [2.45, 2.75) is 24.8 Å². The zero-order valence-corrected chi connectivity index (χ0v) is 13.7. The monoisotopic (exact) mass is 324 g/mol. The number of rotatable bonds is 7. The van der Waals surface area contributed by atoms with Crippen molar-refractivity contribution in [3.05, 3.63) is 41.8 Å². The van der Waals surface area contributed by atoms with Gasteiger partial charge in [-0.25, -0.2) is 8.42 Å². The van der Waals surface area contributed by atoms with Crippen LogP contribution in [-0.2, 0) is 16.6 Å². The zero-order chi connectivity index (χ0) is 15.5. The lowest BCUT2D eigenvalue weighted by molar-refractivity contribution is 0.442. The molecule has 1 aromatic carbocycles. The Hall–Kier alpha value is -1.21. The maximum absolute atomic E-state index is 13.0. The summed E-state index contributed by atoms with van der Waals surface area (Å²) in [5.74, 6) is 0. The minimum Gasteiger partial charge on any atom is -0.326 e. The van der Waals surface area contributed by atoms with E-state index in [0.717, 1.165) is 16.5 Å². The number of benzene rings is 1. The topological polar surface area (TPSA) is 63.4 Å². The Labute approximate surface area is 129 Å². The minimum atomic E-state index is -3.56. The van der Waals surface area contributed by atoms with E-state index >= 15 is 0 Å². The van der Waals surface area contributed by atoms with Crippen LogP contribution in [0, 0.1) is 0 Å². The van der Waals surface area contributed by atoms with Crippen LogP contribution >= 0.6 is 11.3 Å². The van der Waals surface area contributed by atoms with E-state index in [1.165, 1.54) is 15.6 Å². The summed E-state index contributed by atoms with van der Waals surface area (Å²) >= 11 is 1.45. The normalized spacial score (nSPS) is 12.1. The summed E-state index contributed by atoms with van der Waals surface area (Å²) in [4.78, 5) is 1.07. The van der Waals surface area contributed by atoms with E-state index < -0.39 is 10.0 Å². The van der Waals surface area contributed by atoms with E-state index in [9.17, 15) is 8.42 Å². The van der Waals surface area contributed by atoms with E-state index in [1.807, 2.05) is 31.2 Å². The van der Waals surface area contributed by atoms with Crippen molar-refractivity contribution >= 4 is 31.4 Å². The highest BCUT2D eigenvalue weighted by atomic mass is 32.2. The summed E-state index contributed by atoms with van der Waals surface area (Å²) in [5.41, 5.74) is 5.77. The molecule has 114 valence electrons. The van der Waals surface area contributed by atoms with Gasteiger partial charge in [-0.2, -0.15) is 4.31 Å². The molecular formula is C15H20N2O2S2. The van der Waals surface area contributed by atoms with Crippen LogP contribution in [0.25, 0.3) is 10.1 Å². The quantitative estimate of drug-likeness (QED) is 0.797. The summed E-state index contributed by atoms with van der Waals surface area (Å²) in [6, 6.07) is 7.53. The highest BCUT2D eigenvalue weighted by Crippen LogP contribution is 2.36. The third-order valence-corrected chi connectivity index (χ3v) is 6.52. The van der Waals surface area contributed by atoms with Gasteiger partial charge in [0, 0.05) is 34.6 Å². The number of hydrogen-bond donors (Lipinski definition) is 1. The van der Waals surface area contributed by atoms with Crippen LogP contribution in [0.2, 0.25) is 0 Å². The second-order valence-corrected chi connectivity index (χ2v) is 7.72. The average molecular weight is 324 g/mol. The first-order chi connectivity index (χ1) is 10.1. The smallest absolute Gasteiger partial charge is 0.245 e. The Kier molecular flexibility index (Phi) is 5.16. The van der Waals surface area contributed by atoms with Crippen LogP contribution in [0.15, 0.2) is 41.8 Å². The summed E-state index contributed by atoms with van der Waals surface area (Å²) < 4.78 is 28.4. The first kappa shape index (κ1) is 16.2. The van der Waals surface area contributed by atoms with E-state index in [-0.39, 0.29) is 6.54 Å². The van der Waals surface area contributed by atoms with Crippen LogP contribution < -0.4 is 5.73 Å². The molecule has 0 bridgehead atoms. The van der Waals surface area contributed by atoms with E-state index in [4.69, 9.17) is 5.73 Å². The van der Waals surface area contributed by atoms with Crippen molar-refractivity contribution < 1.29 is 8.42 Å². The Bertz CT molecular complexity index is 735. The second-order valence-electron chi connectivity index (χ2n) is 4.71. The Morgan fingerprint density at radius 3 is 2.71 bits per heavy atom. The van der Waals surface area contributed by atoms with Crippen LogP contribution in [-0.4, -0.2) is 25.8 Å². The van der Waals surface area contributed by atoms with Gasteiger partial charge in [0.15, 0.2) is 0 Å². The van der Waals surface area contributed by atoms with Crippen LogP contribution in [0.4, 0.5) is 0 Å². The summed E-state index contributed by atoms with van der Waals surface area (Å²) in [6.07, 6.45) is 2.37. The van der Waals surface area contributed by atoms with E-state index in [1.54, 1.807) is 6.08 Å². The molecule has 1 aromatic heterocycles. The maximum atomic E-state index is 13.0. The Morgan fingerprint density at radius 2 is 2.10 bits per heavy atom. The van der Waals surface area contributed by atoms with Crippen LogP contribution in [0.3, 0.4) is 0 Å². The molecule has 4 nitrogen and oxygen atoms in total. The Morgan fingerprint density at radius 1 is 1.38 bits per heavy atom. The first-order valence-electron chi connectivity index (χ1n) is 6.87. The number of nitrogens with two attached hydrogens (primary N) is 1. The molecular weight excluding hydrogens is 304 g/mol. The first-order valence-corrected chi connectivity index (χ1v) is 9.13. The lowest BCUT2D eigenvalue weighted by Gasteiger charge is -2.20. The van der Waals surface area contributed by atoms with Crippen molar-refractivity contribution in [2.75, 3.05) is 13.1 Å². The van der Waals surface area contributed by atoms with Crippen LogP contribution in [0.5, 0.6) is 0 Å². The molecule has 0 aliphatic rings. The van der Waals surface area contributed by atoms with Gasteiger partial charge in [0.1, 0.15) is 4.90 Å². The molecule has 21 heavy (non-hydrogen) atoms. The number of sulfonamides is 1. The van der Waals surface area contributed by atoms with Crippen molar-refractivity contribution in [1.82, 2.24) is 4.31 Å². The fourth-order valence-corrected chi connectivity index (χ4v) is 5.62. The minimum absolute atomic E-state index is 0.224. The number of thiophene rings is 1. The van der Waals surface area contributed by atoms with Gasteiger partial charge in [0.25, 0.3) is 0 Å². The molecule has 0 saturated carbocycles. The molecule has 0 fully saturated rings. The van der Waals surface area contributed by atoms with Crippen LogP contribution in [0.1, 0.15) is 18.2 Å². The van der Waals surface area contributed by atoms with Crippen molar-refractivity contribution in [2.24, 2.45) is 5.73 Å². The van der Waals surface area contributed by atoms with Crippen molar-refractivity contribution in [3.8, 4) is 0 Å². The highest BCUT2D eigenvalue weighted by Gasteiger charge is 2.29. The van der Waals surface area contributed by atoms with Gasteiger partial charge in [-0.3, -0.25) is 0 Å². The molecule has 2 aromatic rings. The summed E-state index contributed by atoms with van der Waals surface area (Å²) in [5, 5.41) is 0.758. The van der Waals surface area contributed by atoms with E-state index in [0.29, 0.717) is 22.9 Å². The van der Waals surface area contributed by atoms with Gasteiger partial charge >= 0.3 is 0 Å². The van der Waals surface area contributed by atoms with Crippen molar-refractivity contribution in [3.63, 3.8) is 0 Å². The lowest BCUT2D eigenvalue weighted by Crippen LogP contribution is -2.32. The third-order valence-electron chi connectivity index (χ3n) is 3.21. The molecule has 6 heteroatoms. The molecule has 0 radical (unpaired) electrons. The fraction of sp³-hybridized carbons (Fsp3) is 0.333. The second kappa shape index (κ2) is 6.70. The molecule has 0 amide bonds. The fourth-order valence-electron chi connectivity index (χ4n) is 2.32. The largest absolute Gasteiger partial charge is 0.326 e. The average Bonchev–Trinajstić information content (AvgIpc) is 2.86. The van der Waals surface area contributed by atoms with E-state index in [2.05, 4.69) is 6.58 Å². The number of fused-ring (bicyclic) bond motifs is 1. The van der Waals surface area contributed by atoms with Crippen molar-refractivity contribution in [1.29, 1.82) is 0 Å². The SMILES string of the molecule is C=CCN(CCC)S(=O)(=O)c1c(CN)sc2ccccc12. The number of nitrogens with zero attached hydrogens (tertiary/aromatic N) is 1. The van der Waals surface area contributed by atoms with Gasteiger partial charge < -0.3 is 5.73 Å². The van der Waals surface area contributed by atoms with Gasteiger partial charge in [-0.1, -0.05) is 31.2 Å². The Balaban J connectivity index is 2.65. The molecule has 0 saturated heterocycles. The molecule has 0 aliphatic heterocycles. The molecule has 0 spiro atoms. The van der Waals surface area contributed by atoms with Gasteiger partial charge in [-0.05, 0) is 12.5 Å². The predicted octanol–water partition coefficient (Wildman–Crippen LogP) is 2.95. The van der Waals surface area contributed by atoms with Gasteiger partial charge in [-0.15, -0.1) is 17.9 Å². The predicted molar refractivity (Wildman–Crippen MR) is 89.0 cm³/mol. The molecule has 0 unspecified atom stereocenters. The third kappa shape index (κ3) is 3.03. The molecule has 2 N–H and O–H groups in total. The zero-order valence-electron chi connectivity index (χ0n) is 12.1.